The third-order valence-electron chi connectivity index (χ3n) is 1.13. The van der Waals surface area contributed by atoms with Crippen molar-refractivity contribution in [3.63, 3.8) is 0 Å². The van der Waals surface area contributed by atoms with E-state index in [2.05, 4.69) is 13.2 Å². The predicted octanol–water partition coefficient (Wildman–Crippen LogP) is 2.30. The fourth-order valence-electron chi connectivity index (χ4n) is 0.539. The molecular weight excluding hydrogens is 152 g/mol. The van der Waals surface area contributed by atoms with Gasteiger partial charge in [0, 0.05) is 7.11 Å². The Morgan fingerprint density at radius 3 is 2.42 bits per heavy atom. The summed E-state index contributed by atoms with van der Waals surface area (Å²) in [5, 5.41) is 0. The number of ether oxygens (including phenoxy) is 2. The normalized spacial score (nSPS) is 10.2. The van der Waals surface area contributed by atoms with Crippen LogP contribution in [0.2, 0.25) is 0 Å². The smallest absolute Gasteiger partial charge is 0.112 e. The van der Waals surface area contributed by atoms with Crippen molar-refractivity contribution in [1.82, 2.24) is 0 Å². The maximum Gasteiger partial charge on any atom is 0.112 e. The zero-order valence-corrected chi connectivity index (χ0v) is 7.80. The Kier molecular flexibility index (Phi) is 6.11. The van der Waals surface area contributed by atoms with Gasteiger partial charge in [-0.1, -0.05) is 24.8 Å². The van der Waals surface area contributed by atoms with Crippen molar-refractivity contribution in [2.24, 2.45) is 0 Å². The first-order chi connectivity index (χ1) is 5.66. The van der Waals surface area contributed by atoms with Crippen molar-refractivity contribution in [3.05, 3.63) is 36.6 Å². The number of methoxy groups -OCH3 is 1. The maximum atomic E-state index is 5.19. The molecular formula is C10H16O2. The number of rotatable bonds is 6. The summed E-state index contributed by atoms with van der Waals surface area (Å²) in [6, 6.07) is 0. The summed E-state index contributed by atoms with van der Waals surface area (Å²) in [5.41, 5.74) is 0.978. The first-order valence-corrected chi connectivity index (χ1v) is 3.81. The topological polar surface area (TPSA) is 18.5 Å². The molecule has 0 heterocycles. The second-order valence-corrected chi connectivity index (χ2v) is 2.49. The molecule has 0 aromatic rings. The Balaban J connectivity index is 3.53. The van der Waals surface area contributed by atoms with Crippen LogP contribution in [0, 0.1) is 0 Å². The van der Waals surface area contributed by atoms with Gasteiger partial charge in [0.05, 0.1) is 6.61 Å². The highest BCUT2D eigenvalue weighted by atomic mass is 16.5. The van der Waals surface area contributed by atoms with E-state index in [9.17, 15) is 0 Å². The summed E-state index contributed by atoms with van der Waals surface area (Å²) in [6.45, 7) is 10.4. The Morgan fingerprint density at radius 1 is 1.25 bits per heavy atom. The molecule has 0 N–H and O–H groups in total. The molecule has 0 fully saturated rings. The number of allylic oxidation sites excluding steroid dienone is 3. The molecule has 0 spiro atoms. The van der Waals surface area contributed by atoms with Crippen molar-refractivity contribution in [1.29, 1.82) is 0 Å². The Morgan fingerprint density at radius 2 is 1.92 bits per heavy atom. The molecule has 0 aromatic carbocycles. The number of hydrogen-bond donors (Lipinski definition) is 0. The van der Waals surface area contributed by atoms with E-state index in [1.807, 2.05) is 13.0 Å². The second-order valence-electron chi connectivity index (χ2n) is 2.49. The molecule has 68 valence electrons. The molecule has 12 heavy (non-hydrogen) atoms. The van der Waals surface area contributed by atoms with E-state index in [0.717, 1.165) is 5.57 Å². The molecule has 0 aliphatic rings. The molecule has 0 bridgehead atoms. The van der Waals surface area contributed by atoms with Crippen molar-refractivity contribution in [2.75, 3.05) is 20.3 Å². The Hall–Kier alpha value is -1.02. The van der Waals surface area contributed by atoms with Crippen LogP contribution >= 0.6 is 0 Å². The third kappa shape index (κ3) is 7.09. The molecule has 2 heteroatoms. The van der Waals surface area contributed by atoms with Crippen molar-refractivity contribution < 1.29 is 9.47 Å². The molecule has 0 aromatic heterocycles. The molecule has 0 aliphatic heterocycles. The summed E-state index contributed by atoms with van der Waals surface area (Å²) in [7, 11) is 1.63. The molecule has 0 saturated carbocycles. The average Bonchev–Trinajstić information content (AvgIpc) is 2.01. The van der Waals surface area contributed by atoms with E-state index in [0.29, 0.717) is 19.0 Å². The van der Waals surface area contributed by atoms with Crippen LogP contribution in [0.25, 0.3) is 0 Å². The molecule has 2 nitrogen and oxygen atoms in total. The van der Waals surface area contributed by atoms with Crippen LogP contribution in [-0.2, 0) is 9.47 Å². The van der Waals surface area contributed by atoms with Gasteiger partial charge in [0.2, 0.25) is 0 Å². The van der Waals surface area contributed by atoms with E-state index in [4.69, 9.17) is 9.47 Å². The molecule has 0 amide bonds. The van der Waals surface area contributed by atoms with Crippen LogP contribution in [-0.4, -0.2) is 20.3 Å². The molecule has 0 atom stereocenters. The van der Waals surface area contributed by atoms with Gasteiger partial charge in [0.15, 0.2) is 0 Å². The predicted molar refractivity (Wildman–Crippen MR) is 50.9 cm³/mol. The van der Waals surface area contributed by atoms with E-state index < -0.39 is 0 Å². The fourth-order valence-corrected chi connectivity index (χ4v) is 0.539. The average molecular weight is 168 g/mol. The minimum Gasteiger partial charge on any atom is -0.492 e. The molecule has 0 saturated heterocycles. The van der Waals surface area contributed by atoms with Gasteiger partial charge < -0.3 is 9.47 Å². The van der Waals surface area contributed by atoms with Gasteiger partial charge in [-0.2, -0.15) is 0 Å². The lowest BCUT2D eigenvalue weighted by Gasteiger charge is -2.03. The van der Waals surface area contributed by atoms with Crippen LogP contribution in [0.3, 0.4) is 0 Å². The fraction of sp³-hybridized carbons (Fsp3) is 0.400. The summed E-state index contributed by atoms with van der Waals surface area (Å²) < 4.78 is 10.00. The highest BCUT2D eigenvalue weighted by molar-refractivity contribution is 5.19. The second kappa shape index (κ2) is 6.68. The molecule has 0 rings (SSSR count). The summed E-state index contributed by atoms with van der Waals surface area (Å²) in [6.07, 6.45) is 3.65. The van der Waals surface area contributed by atoms with E-state index in [1.54, 1.807) is 13.2 Å². The lowest BCUT2D eigenvalue weighted by Crippen LogP contribution is -1.99. The quantitative estimate of drug-likeness (QED) is 0.344. The lowest BCUT2D eigenvalue weighted by atomic mass is 10.3. The highest BCUT2D eigenvalue weighted by Crippen LogP contribution is 1.98. The highest BCUT2D eigenvalue weighted by Gasteiger charge is 1.87. The Bertz CT molecular complexity index is 180. The van der Waals surface area contributed by atoms with Crippen molar-refractivity contribution >= 4 is 0 Å². The standard InChI is InChI=1S/C10H16O2/c1-9(2)5-6-10(3)12-8-7-11-4/h5-6H,1,3,7-8H2,2,4H3/b6-5-. The van der Waals surface area contributed by atoms with Gasteiger partial charge in [0.1, 0.15) is 12.4 Å². The minimum atomic E-state index is 0.538. The lowest BCUT2D eigenvalue weighted by molar-refractivity contribution is 0.115. The van der Waals surface area contributed by atoms with Gasteiger partial charge in [-0.3, -0.25) is 0 Å². The summed E-state index contributed by atoms with van der Waals surface area (Å²) in [5.74, 6) is 0.634. The van der Waals surface area contributed by atoms with Gasteiger partial charge in [-0.05, 0) is 13.0 Å². The monoisotopic (exact) mass is 168 g/mol. The van der Waals surface area contributed by atoms with Crippen LogP contribution in [0.5, 0.6) is 0 Å². The van der Waals surface area contributed by atoms with Crippen LogP contribution in [0.4, 0.5) is 0 Å². The first kappa shape index (κ1) is 11.0. The van der Waals surface area contributed by atoms with Crippen LogP contribution in [0.1, 0.15) is 6.92 Å². The zero-order chi connectivity index (χ0) is 9.40. The van der Waals surface area contributed by atoms with Crippen molar-refractivity contribution in [2.45, 2.75) is 6.92 Å². The van der Waals surface area contributed by atoms with Gasteiger partial charge in [-0.15, -0.1) is 0 Å². The summed E-state index contributed by atoms with van der Waals surface area (Å²) in [4.78, 5) is 0. The van der Waals surface area contributed by atoms with Gasteiger partial charge in [-0.25, -0.2) is 0 Å². The first-order valence-electron chi connectivity index (χ1n) is 3.81. The molecule has 0 aliphatic carbocycles. The SMILES string of the molecule is C=C(C)/C=C\C(=C)OCCOC. The zero-order valence-electron chi connectivity index (χ0n) is 7.80. The summed E-state index contributed by atoms with van der Waals surface area (Å²) >= 11 is 0. The largest absolute Gasteiger partial charge is 0.492 e. The van der Waals surface area contributed by atoms with Gasteiger partial charge >= 0.3 is 0 Å². The molecule has 0 unspecified atom stereocenters. The van der Waals surface area contributed by atoms with Crippen LogP contribution < -0.4 is 0 Å². The van der Waals surface area contributed by atoms with E-state index in [-0.39, 0.29) is 0 Å². The minimum absolute atomic E-state index is 0.538. The van der Waals surface area contributed by atoms with Gasteiger partial charge in [0.25, 0.3) is 0 Å². The third-order valence-corrected chi connectivity index (χ3v) is 1.13. The number of hydrogen-bond acceptors (Lipinski definition) is 2. The van der Waals surface area contributed by atoms with Crippen LogP contribution in [0.15, 0.2) is 36.6 Å². The van der Waals surface area contributed by atoms with E-state index in [1.165, 1.54) is 0 Å². The van der Waals surface area contributed by atoms with E-state index >= 15 is 0 Å². The molecule has 0 radical (unpaired) electrons. The van der Waals surface area contributed by atoms with Crippen molar-refractivity contribution in [3.8, 4) is 0 Å². The maximum absolute atomic E-state index is 5.19. The Labute approximate surface area is 74.2 Å².